The highest BCUT2D eigenvalue weighted by molar-refractivity contribution is 5.27. The Morgan fingerprint density at radius 1 is 1.33 bits per heavy atom. The van der Waals surface area contributed by atoms with Gasteiger partial charge in [0.25, 0.3) is 0 Å². The van der Waals surface area contributed by atoms with Gasteiger partial charge in [0.2, 0.25) is 0 Å². The summed E-state index contributed by atoms with van der Waals surface area (Å²) in [5.41, 5.74) is 4.12. The molecule has 0 unspecified atom stereocenters. The topological polar surface area (TPSA) is 40.7 Å². The van der Waals surface area contributed by atoms with Gasteiger partial charge < -0.3 is 5.32 Å². The highest BCUT2D eigenvalue weighted by Crippen LogP contribution is 2.21. The normalized spacial score (nSPS) is 15.3. The van der Waals surface area contributed by atoms with Gasteiger partial charge in [-0.1, -0.05) is 13.3 Å². The molecule has 2 N–H and O–H groups in total. The number of hydrogen-bond donors (Lipinski definition) is 2. The molecule has 1 heterocycles. The Labute approximate surface area is 91.7 Å². The van der Waals surface area contributed by atoms with E-state index in [9.17, 15) is 0 Å². The van der Waals surface area contributed by atoms with Gasteiger partial charge >= 0.3 is 0 Å². The molecule has 0 saturated carbocycles. The quantitative estimate of drug-likeness (QED) is 0.727. The van der Waals surface area contributed by atoms with Gasteiger partial charge in [0.15, 0.2) is 0 Å². The lowest BCUT2D eigenvalue weighted by Crippen LogP contribution is -2.16. The molecule has 1 aliphatic rings. The molecule has 1 aromatic heterocycles. The highest BCUT2D eigenvalue weighted by atomic mass is 15.1. The zero-order chi connectivity index (χ0) is 10.5. The molecule has 0 amide bonds. The number of aromatic amines is 1. The van der Waals surface area contributed by atoms with Gasteiger partial charge in [0.05, 0.1) is 5.69 Å². The van der Waals surface area contributed by atoms with Crippen molar-refractivity contribution in [1.82, 2.24) is 15.5 Å². The Morgan fingerprint density at radius 2 is 2.20 bits per heavy atom. The number of rotatable bonds is 5. The summed E-state index contributed by atoms with van der Waals surface area (Å²) in [5, 5.41) is 11.0. The summed E-state index contributed by atoms with van der Waals surface area (Å²) in [6, 6.07) is 0. The zero-order valence-corrected chi connectivity index (χ0v) is 9.60. The molecular weight excluding hydrogens is 186 g/mol. The van der Waals surface area contributed by atoms with Crippen LogP contribution >= 0.6 is 0 Å². The minimum Gasteiger partial charge on any atom is -0.311 e. The Morgan fingerprint density at radius 3 is 3.07 bits per heavy atom. The van der Waals surface area contributed by atoms with Crippen LogP contribution in [0.2, 0.25) is 0 Å². The van der Waals surface area contributed by atoms with Gasteiger partial charge in [-0.25, -0.2) is 0 Å². The lowest BCUT2D eigenvalue weighted by molar-refractivity contribution is 0.624. The van der Waals surface area contributed by atoms with E-state index in [2.05, 4.69) is 22.4 Å². The average molecular weight is 207 g/mol. The number of aromatic nitrogens is 2. The Hall–Kier alpha value is -0.830. The summed E-state index contributed by atoms with van der Waals surface area (Å²) in [5.74, 6) is 0. The molecule has 0 aromatic carbocycles. The smallest absolute Gasteiger partial charge is 0.0794 e. The lowest BCUT2D eigenvalue weighted by Gasteiger charge is -2.11. The molecule has 0 bridgehead atoms. The number of H-pyrrole nitrogens is 1. The number of aryl methyl sites for hydroxylation is 1. The fourth-order valence-electron chi connectivity index (χ4n) is 2.20. The van der Waals surface area contributed by atoms with Crippen LogP contribution in [0.3, 0.4) is 0 Å². The molecule has 2 rings (SSSR count). The van der Waals surface area contributed by atoms with E-state index in [1.165, 1.54) is 55.5 Å². The van der Waals surface area contributed by atoms with Crippen molar-refractivity contribution < 1.29 is 0 Å². The predicted octanol–water partition coefficient (Wildman–Crippen LogP) is 2.18. The summed E-state index contributed by atoms with van der Waals surface area (Å²) < 4.78 is 0. The second kappa shape index (κ2) is 5.31. The van der Waals surface area contributed by atoms with Crippen LogP contribution in [0.25, 0.3) is 0 Å². The monoisotopic (exact) mass is 207 g/mol. The maximum absolute atomic E-state index is 4.41. The number of hydrogen-bond acceptors (Lipinski definition) is 2. The number of nitrogens with one attached hydrogen (secondary N) is 2. The van der Waals surface area contributed by atoms with Gasteiger partial charge in [0, 0.05) is 12.2 Å². The van der Waals surface area contributed by atoms with Crippen LogP contribution in [-0.4, -0.2) is 16.7 Å². The van der Waals surface area contributed by atoms with E-state index in [4.69, 9.17) is 0 Å². The van der Waals surface area contributed by atoms with Gasteiger partial charge in [-0.3, -0.25) is 5.10 Å². The maximum atomic E-state index is 4.41. The Kier molecular flexibility index (Phi) is 3.78. The van der Waals surface area contributed by atoms with Crippen LogP contribution in [0, 0.1) is 0 Å². The van der Waals surface area contributed by atoms with Crippen LogP contribution in [-0.2, 0) is 19.4 Å². The van der Waals surface area contributed by atoms with Crippen LogP contribution in [0.15, 0.2) is 0 Å². The fourth-order valence-corrected chi connectivity index (χ4v) is 2.20. The number of fused-ring (bicyclic) bond motifs is 1. The second-order valence-corrected chi connectivity index (χ2v) is 4.36. The molecule has 0 radical (unpaired) electrons. The first kappa shape index (κ1) is 10.7. The van der Waals surface area contributed by atoms with E-state index in [-0.39, 0.29) is 0 Å². The summed E-state index contributed by atoms with van der Waals surface area (Å²) in [7, 11) is 0. The Balaban J connectivity index is 1.88. The first-order chi connectivity index (χ1) is 7.42. The van der Waals surface area contributed by atoms with Crippen molar-refractivity contribution >= 4 is 0 Å². The van der Waals surface area contributed by atoms with Crippen molar-refractivity contribution in [2.24, 2.45) is 0 Å². The lowest BCUT2D eigenvalue weighted by atomic mass is 9.96. The van der Waals surface area contributed by atoms with Gasteiger partial charge in [-0.15, -0.1) is 0 Å². The standard InChI is InChI=1S/C12H21N3/c1-2-3-8-13-9-12-10-6-4-5-7-11(10)14-15-12/h13H,2-9H2,1H3,(H,14,15). The molecule has 0 atom stereocenters. The van der Waals surface area contributed by atoms with Crippen molar-refractivity contribution in [2.45, 2.75) is 52.0 Å². The minimum atomic E-state index is 0.936. The third-order valence-electron chi connectivity index (χ3n) is 3.14. The largest absolute Gasteiger partial charge is 0.311 e. The van der Waals surface area contributed by atoms with Crippen molar-refractivity contribution in [3.05, 3.63) is 17.0 Å². The van der Waals surface area contributed by atoms with Gasteiger partial charge in [0.1, 0.15) is 0 Å². The molecule has 3 nitrogen and oxygen atoms in total. The van der Waals surface area contributed by atoms with Crippen LogP contribution in [0.4, 0.5) is 0 Å². The molecule has 0 fully saturated rings. The molecule has 0 saturated heterocycles. The summed E-state index contributed by atoms with van der Waals surface area (Å²) >= 11 is 0. The molecule has 0 aliphatic heterocycles. The third-order valence-corrected chi connectivity index (χ3v) is 3.14. The van der Waals surface area contributed by atoms with Gasteiger partial charge in [-0.2, -0.15) is 5.10 Å². The summed E-state index contributed by atoms with van der Waals surface area (Å²) in [4.78, 5) is 0. The molecule has 1 aliphatic carbocycles. The van der Waals surface area contributed by atoms with E-state index in [1.807, 2.05) is 0 Å². The van der Waals surface area contributed by atoms with Crippen molar-refractivity contribution in [3.8, 4) is 0 Å². The van der Waals surface area contributed by atoms with Crippen LogP contribution in [0.1, 0.15) is 49.6 Å². The number of unbranched alkanes of at least 4 members (excludes halogenated alkanes) is 1. The van der Waals surface area contributed by atoms with Crippen LogP contribution < -0.4 is 5.32 Å². The van der Waals surface area contributed by atoms with Crippen molar-refractivity contribution in [1.29, 1.82) is 0 Å². The average Bonchev–Trinajstić information content (AvgIpc) is 2.68. The first-order valence-corrected chi connectivity index (χ1v) is 6.17. The molecule has 84 valence electrons. The van der Waals surface area contributed by atoms with Gasteiger partial charge in [-0.05, 0) is 44.2 Å². The van der Waals surface area contributed by atoms with E-state index in [0.29, 0.717) is 0 Å². The zero-order valence-electron chi connectivity index (χ0n) is 9.60. The maximum Gasteiger partial charge on any atom is 0.0794 e. The van der Waals surface area contributed by atoms with Crippen molar-refractivity contribution in [2.75, 3.05) is 6.54 Å². The van der Waals surface area contributed by atoms with E-state index < -0.39 is 0 Å². The summed E-state index contributed by atoms with van der Waals surface area (Å²) in [6.45, 7) is 4.27. The predicted molar refractivity (Wildman–Crippen MR) is 61.8 cm³/mol. The van der Waals surface area contributed by atoms with Crippen LogP contribution in [0.5, 0.6) is 0 Å². The molecule has 3 heteroatoms. The second-order valence-electron chi connectivity index (χ2n) is 4.36. The SMILES string of the molecule is CCCCNCc1n[nH]c2c1CCCC2. The molecule has 15 heavy (non-hydrogen) atoms. The van der Waals surface area contributed by atoms with Crippen molar-refractivity contribution in [3.63, 3.8) is 0 Å². The third kappa shape index (κ3) is 2.59. The first-order valence-electron chi connectivity index (χ1n) is 6.17. The Bertz CT molecular complexity index is 304. The highest BCUT2D eigenvalue weighted by Gasteiger charge is 2.15. The van der Waals surface area contributed by atoms with E-state index in [1.54, 1.807) is 0 Å². The number of nitrogens with zero attached hydrogens (tertiary/aromatic N) is 1. The van der Waals surface area contributed by atoms with E-state index in [0.717, 1.165) is 13.1 Å². The minimum absolute atomic E-state index is 0.936. The molecular formula is C12H21N3. The molecule has 1 aromatic rings. The summed E-state index contributed by atoms with van der Waals surface area (Å²) in [6.07, 6.45) is 7.57. The molecule has 0 spiro atoms. The fraction of sp³-hybridized carbons (Fsp3) is 0.750. The van der Waals surface area contributed by atoms with E-state index >= 15 is 0 Å².